The summed E-state index contributed by atoms with van der Waals surface area (Å²) in [7, 11) is 1.83. The summed E-state index contributed by atoms with van der Waals surface area (Å²) < 4.78 is 7.24. The first-order valence-electron chi connectivity index (χ1n) is 7.48. The fraction of sp³-hybridized carbons (Fsp3) is 0.733. The van der Waals surface area contributed by atoms with Crippen LogP contribution in [0.4, 0.5) is 0 Å². The van der Waals surface area contributed by atoms with E-state index in [2.05, 4.69) is 10.4 Å². The predicted octanol–water partition coefficient (Wildman–Crippen LogP) is 1.33. The van der Waals surface area contributed by atoms with E-state index in [4.69, 9.17) is 4.74 Å². The van der Waals surface area contributed by atoms with Crippen LogP contribution in [0.1, 0.15) is 38.1 Å². The van der Waals surface area contributed by atoms with Gasteiger partial charge in [0.1, 0.15) is 5.69 Å². The molecular weight excluding hydrogens is 270 g/mol. The van der Waals surface area contributed by atoms with Gasteiger partial charge in [-0.15, -0.1) is 0 Å². The molecule has 0 saturated carbocycles. The van der Waals surface area contributed by atoms with Crippen LogP contribution >= 0.6 is 0 Å². The number of rotatable bonds is 8. The Bertz CT molecular complexity index is 467. The zero-order valence-electron chi connectivity index (χ0n) is 13.6. The van der Waals surface area contributed by atoms with E-state index < -0.39 is 6.10 Å². The van der Waals surface area contributed by atoms with E-state index in [1.54, 1.807) is 4.68 Å². The molecule has 1 heterocycles. The molecule has 1 atom stereocenters. The smallest absolute Gasteiger partial charge is 0.258 e. The summed E-state index contributed by atoms with van der Waals surface area (Å²) in [6, 6.07) is 0. The van der Waals surface area contributed by atoms with Crippen LogP contribution in [-0.2, 0) is 11.8 Å². The van der Waals surface area contributed by atoms with Gasteiger partial charge in [0.25, 0.3) is 5.91 Å². The van der Waals surface area contributed by atoms with Crippen molar-refractivity contribution in [3.05, 3.63) is 11.4 Å². The molecule has 21 heavy (non-hydrogen) atoms. The van der Waals surface area contributed by atoms with Crippen molar-refractivity contribution < 1.29 is 14.6 Å². The molecule has 6 heteroatoms. The van der Waals surface area contributed by atoms with E-state index in [1.165, 1.54) is 0 Å². The molecule has 0 saturated heterocycles. The number of amides is 1. The Kier molecular flexibility index (Phi) is 6.68. The number of hydrogen-bond acceptors (Lipinski definition) is 4. The first-order valence-corrected chi connectivity index (χ1v) is 7.48. The maximum absolute atomic E-state index is 11.8. The van der Waals surface area contributed by atoms with Crippen LogP contribution in [0, 0.1) is 19.8 Å². The summed E-state index contributed by atoms with van der Waals surface area (Å²) in [6.45, 7) is 8.01. The highest BCUT2D eigenvalue weighted by atomic mass is 16.5. The van der Waals surface area contributed by atoms with Crippen molar-refractivity contribution in [1.82, 2.24) is 15.1 Å². The lowest BCUT2D eigenvalue weighted by atomic mass is 9.97. The number of aromatic nitrogens is 2. The predicted molar refractivity (Wildman–Crippen MR) is 81.3 cm³/mol. The molecule has 0 aliphatic rings. The lowest BCUT2D eigenvalue weighted by Gasteiger charge is -2.20. The second-order valence-electron chi connectivity index (χ2n) is 5.36. The van der Waals surface area contributed by atoms with Gasteiger partial charge in [0.15, 0.2) is 12.4 Å². The molecule has 0 aliphatic heterocycles. The largest absolute Gasteiger partial charge is 0.480 e. The Morgan fingerprint density at radius 3 is 2.48 bits per heavy atom. The highest BCUT2D eigenvalue weighted by Gasteiger charge is 2.17. The van der Waals surface area contributed by atoms with Gasteiger partial charge in [-0.3, -0.25) is 9.48 Å². The summed E-state index contributed by atoms with van der Waals surface area (Å²) in [5.74, 6) is 0.630. The summed E-state index contributed by atoms with van der Waals surface area (Å²) in [6.07, 6.45) is 1.29. The van der Waals surface area contributed by atoms with E-state index in [-0.39, 0.29) is 25.0 Å². The number of nitrogens with zero attached hydrogens (tertiary/aromatic N) is 2. The topological polar surface area (TPSA) is 76.4 Å². The van der Waals surface area contributed by atoms with Gasteiger partial charge in [-0.25, -0.2) is 0 Å². The van der Waals surface area contributed by atoms with Crippen LogP contribution in [0.25, 0.3) is 0 Å². The number of ether oxygens (including phenoxy) is 1. The Hall–Kier alpha value is -1.56. The molecule has 120 valence electrons. The molecule has 0 radical (unpaired) electrons. The van der Waals surface area contributed by atoms with Crippen molar-refractivity contribution in [2.75, 3.05) is 13.2 Å². The number of hydrogen-bond donors (Lipinski definition) is 2. The molecule has 0 aliphatic carbocycles. The molecule has 1 unspecified atom stereocenters. The average Bonchev–Trinajstić information content (AvgIpc) is 2.69. The third kappa shape index (κ3) is 4.74. The molecule has 0 aromatic carbocycles. The van der Waals surface area contributed by atoms with E-state index in [9.17, 15) is 9.90 Å². The third-order valence-electron chi connectivity index (χ3n) is 3.89. The molecular formula is C15H27N3O3. The lowest BCUT2D eigenvalue weighted by Crippen LogP contribution is -2.38. The Morgan fingerprint density at radius 2 is 2.00 bits per heavy atom. The van der Waals surface area contributed by atoms with Crippen molar-refractivity contribution >= 4 is 5.91 Å². The summed E-state index contributed by atoms with van der Waals surface area (Å²) in [5, 5.41) is 16.9. The van der Waals surface area contributed by atoms with Crippen LogP contribution in [0.15, 0.2) is 0 Å². The molecule has 0 spiro atoms. The Morgan fingerprint density at radius 1 is 1.38 bits per heavy atom. The number of carbonyl (C=O) groups is 1. The van der Waals surface area contributed by atoms with Gasteiger partial charge in [0.2, 0.25) is 0 Å². The average molecular weight is 297 g/mol. The molecule has 1 aromatic heterocycles. The van der Waals surface area contributed by atoms with Gasteiger partial charge < -0.3 is 15.2 Å². The second-order valence-corrected chi connectivity index (χ2v) is 5.36. The van der Waals surface area contributed by atoms with Gasteiger partial charge in [-0.1, -0.05) is 26.7 Å². The molecule has 0 bridgehead atoms. The van der Waals surface area contributed by atoms with Crippen LogP contribution in [0.3, 0.4) is 0 Å². The molecule has 1 aromatic rings. The second kappa shape index (κ2) is 8.02. The van der Waals surface area contributed by atoms with Crippen LogP contribution in [0.2, 0.25) is 0 Å². The van der Waals surface area contributed by atoms with Gasteiger partial charge >= 0.3 is 0 Å². The molecule has 0 fully saturated rings. The minimum absolute atomic E-state index is 0.0665. The molecule has 6 nitrogen and oxygen atoms in total. The summed E-state index contributed by atoms with van der Waals surface area (Å²) in [4.78, 5) is 11.8. The number of carbonyl (C=O) groups excluding carboxylic acids is 1. The highest BCUT2D eigenvalue weighted by molar-refractivity contribution is 5.77. The van der Waals surface area contributed by atoms with Crippen molar-refractivity contribution in [3.8, 4) is 5.75 Å². The number of aliphatic hydroxyl groups is 1. The summed E-state index contributed by atoms with van der Waals surface area (Å²) in [5.41, 5.74) is 1.65. The van der Waals surface area contributed by atoms with Gasteiger partial charge in [0.05, 0.1) is 11.8 Å². The normalized spacial score (nSPS) is 12.5. The fourth-order valence-corrected chi connectivity index (χ4v) is 2.37. The van der Waals surface area contributed by atoms with Crippen LogP contribution in [-0.4, -0.2) is 40.0 Å². The van der Waals surface area contributed by atoms with Crippen LogP contribution in [0.5, 0.6) is 5.75 Å². The van der Waals surface area contributed by atoms with Crippen molar-refractivity contribution in [2.24, 2.45) is 13.0 Å². The van der Waals surface area contributed by atoms with Gasteiger partial charge in [0, 0.05) is 13.6 Å². The standard InChI is InChI=1S/C15H27N3O3/c1-6-12(7-2)13(19)8-16-14(20)9-21-15-10(3)17-18(5)11(15)4/h12-13,19H,6-9H2,1-5H3,(H,16,20). The zero-order valence-corrected chi connectivity index (χ0v) is 13.6. The number of aliphatic hydroxyl groups excluding tert-OH is 1. The van der Waals surface area contributed by atoms with Gasteiger partial charge in [-0.2, -0.15) is 5.10 Å². The number of aryl methyl sites for hydroxylation is 2. The molecule has 1 amide bonds. The minimum atomic E-state index is -0.509. The van der Waals surface area contributed by atoms with Gasteiger partial charge in [-0.05, 0) is 19.8 Å². The van der Waals surface area contributed by atoms with Crippen molar-refractivity contribution in [2.45, 2.75) is 46.6 Å². The maximum Gasteiger partial charge on any atom is 0.258 e. The van der Waals surface area contributed by atoms with E-state index in [0.29, 0.717) is 5.75 Å². The quantitative estimate of drug-likeness (QED) is 0.759. The Balaban J connectivity index is 2.41. The first-order chi connectivity index (χ1) is 9.90. The lowest BCUT2D eigenvalue weighted by molar-refractivity contribution is -0.123. The van der Waals surface area contributed by atoms with E-state index in [1.807, 2.05) is 34.7 Å². The highest BCUT2D eigenvalue weighted by Crippen LogP contribution is 2.21. The molecule has 1 rings (SSSR count). The van der Waals surface area contributed by atoms with E-state index >= 15 is 0 Å². The summed E-state index contributed by atoms with van der Waals surface area (Å²) >= 11 is 0. The van der Waals surface area contributed by atoms with Crippen molar-refractivity contribution in [3.63, 3.8) is 0 Å². The third-order valence-corrected chi connectivity index (χ3v) is 3.89. The Labute approximate surface area is 126 Å². The number of nitrogens with one attached hydrogen (secondary N) is 1. The first kappa shape index (κ1) is 17.5. The zero-order chi connectivity index (χ0) is 16.0. The van der Waals surface area contributed by atoms with Crippen molar-refractivity contribution in [1.29, 1.82) is 0 Å². The monoisotopic (exact) mass is 297 g/mol. The van der Waals surface area contributed by atoms with Crippen LogP contribution < -0.4 is 10.1 Å². The molecule has 2 N–H and O–H groups in total. The minimum Gasteiger partial charge on any atom is -0.480 e. The fourth-order valence-electron chi connectivity index (χ4n) is 2.37. The van der Waals surface area contributed by atoms with E-state index in [0.717, 1.165) is 24.2 Å². The maximum atomic E-state index is 11.8. The SMILES string of the molecule is CCC(CC)C(O)CNC(=O)COc1c(C)nn(C)c1C.